The molecule has 1 fully saturated rings. The molecule has 7 heteroatoms. The summed E-state index contributed by atoms with van der Waals surface area (Å²) >= 11 is 6.24. The molecular weight excluding hydrogens is 300 g/mol. The van der Waals surface area contributed by atoms with Gasteiger partial charge in [0.05, 0.1) is 33.5 Å². The molecule has 1 aliphatic heterocycles. The van der Waals surface area contributed by atoms with Gasteiger partial charge in [0, 0.05) is 13.5 Å². The Morgan fingerprint density at radius 1 is 1.50 bits per heavy atom. The van der Waals surface area contributed by atoms with Crippen molar-refractivity contribution in [3.05, 3.63) is 16.4 Å². The molecule has 2 heterocycles. The van der Waals surface area contributed by atoms with Gasteiger partial charge in [-0.05, 0) is 19.3 Å². The van der Waals surface area contributed by atoms with Crippen LogP contribution in [0, 0.1) is 0 Å². The number of halogens is 1. The maximum Gasteiger partial charge on any atom is 0.155 e. The highest BCUT2D eigenvalue weighted by molar-refractivity contribution is 7.92. The fourth-order valence-corrected chi connectivity index (χ4v) is 5.16. The summed E-state index contributed by atoms with van der Waals surface area (Å²) in [4.78, 5) is 0. The second-order valence-corrected chi connectivity index (χ2v) is 8.07. The zero-order chi connectivity index (χ0) is 14.9. The van der Waals surface area contributed by atoms with Crippen LogP contribution in [0.4, 0.5) is 0 Å². The normalized spacial score (nSPS) is 23.7. The molecule has 2 unspecified atom stereocenters. The molecule has 20 heavy (non-hydrogen) atoms. The summed E-state index contributed by atoms with van der Waals surface area (Å²) in [5, 5.41) is 14.5. The van der Waals surface area contributed by atoms with Gasteiger partial charge < -0.3 is 5.11 Å². The summed E-state index contributed by atoms with van der Waals surface area (Å²) in [6.45, 7) is 1.96. The SMILES string of the molecule is CCc1nn(C)c(CC(O)C2CCCCS2(=O)=O)c1Cl. The van der Waals surface area contributed by atoms with Gasteiger partial charge in [-0.3, -0.25) is 4.68 Å². The van der Waals surface area contributed by atoms with E-state index in [-0.39, 0.29) is 12.2 Å². The van der Waals surface area contributed by atoms with E-state index in [0.29, 0.717) is 30.0 Å². The number of hydrogen-bond donors (Lipinski definition) is 1. The van der Waals surface area contributed by atoms with Crippen molar-refractivity contribution in [1.29, 1.82) is 0 Å². The summed E-state index contributed by atoms with van der Waals surface area (Å²) in [5.74, 6) is 0.175. The van der Waals surface area contributed by atoms with Crippen LogP contribution in [-0.4, -0.2) is 40.4 Å². The first-order chi connectivity index (χ1) is 9.36. The van der Waals surface area contributed by atoms with Crippen molar-refractivity contribution in [3.63, 3.8) is 0 Å². The van der Waals surface area contributed by atoms with Gasteiger partial charge in [-0.15, -0.1) is 0 Å². The van der Waals surface area contributed by atoms with Crippen LogP contribution in [0.25, 0.3) is 0 Å². The molecule has 0 aliphatic carbocycles. The van der Waals surface area contributed by atoms with Crippen LogP contribution in [0.3, 0.4) is 0 Å². The van der Waals surface area contributed by atoms with Crippen LogP contribution in [0.1, 0.15) is 37.6 Å². The maximum atomic E-state index is 12.0. The van der Waals surface area contributed by atoms with Crippen molar-refractivity contribution >= 4 is 21.4 Å². The average Bonchev–Trinajstić information content (AvgIpc) is 2.65. The van der Waals surface area contributed by atoms with E-state index in [4.69, 9.17) is 11.6 Å². The monoisotopic (exact) mass is 320 g/mol. The number of sulfone groups is 1. The van der Waals surface area contributed by atoms with E-state index in [2.05, 4.69) is 5.10 Å². The van der Waals surface area contributed by atoms with Crippen LogP contribution >= 0.6 is 11.6 Å². The summed E-state index contributed by atoms with van der Waals surface area (Å²) in [6, 6.07) is 0. The summed E-state index contributed by atoms with van der Waals surface area (Å²) in [5.41, 5.74) is 1.49. The Balaban J connectivity index is 2.19. The van der Waals surface area contributed by atoms with Crippen LogP contribution in [0.2, 0.25) is 5.02 Å². The van der Waals surface area contributed by atoms with E-state index >= 15 is 0 Å². The number of nitrogens with zero attached hydrogens (tertiary/aromatic N) is 2. The van der Waals surface area contributed by atoms with E-state index in [9.17, 15) is 13.5 Å². The first-order valence-electron chi connectivity index (χ1n) is 6.96. The van der Waals surface area contributed by atoms with E-state index in [1.807, 2.05) is 6.92 Å². The lowest BCUT2D eigenvalue weighted by molar-refractivity contribution is 0.159. The van der Waals surface area contributed by atoms with Crippen LogP contribution in [0.5, 0.6) is 0 Å². The lowest BCUT2D eigenvalue weighted by Gasteiger charge is -2.26. The smallest absolute Gasteiger partial charge is 0.155 e. The molecule has 0 aromatic carbocycles. The Bertz CT molecular complexity index is 583. The lowest BCUT2D eigenvalue weighted by atomic mass is 10.0. The fraction of sp³-hybridized carbons (Fsp3) is 0.769. The van der Waals surface area contributed by atoms with Gasteiger partial charge in [0.15, 0.2) is 9.84 Å². The van der Waals surface area contributed by atoms with E-state index in [1.165, 1.54) is 0 Å². The molecular formula is C13H21ClN2O3S. The Kier molecular flexibility index (Phi) is 4.76. The lowest BCUT2D eigenvalue weighted by Crippen LogP contribution is -2.39. The minimum Gasteiger partial charge on any atom is -0.391 e. The largest absolute Gasteiger partial charge is 0.391 e. The van der Waals surface area contributed by atoms with Gasteiger partial charge in [-0.25, -0.2) is 8.42 Å². The molecule has 5 nitrogen and oxygen atoms in total. The van der Waals surface area contributed by atoms with E-state index < -0.39 is 21.2 Å². The van der Waals surface area contributed by atoms with Gasteiger partial charge >= 0.3 is 0 Å². The van der Waals surface area contributed by atoms with Gasteiger partial charge in [0.1, 0.15) is 0 Å². The molecule has 1 aliphatic rings. The standard InChI is InChI=1S/C13H21ClN2O3S/c1-3-9-13(14)10(16(2)15-9)8-11(17)12-6-4-5-7-20(12,18)19/h11-12,17H,3-8H2,1-2H3. The Morgan fingerprint density at radius 3 is 2.75 bits per heavy atom. The Hall–Kier alpha value is -0.590. The second-order valence-electron chi connectivity index (χ2n) is 5.36. The molecule has 2 rings (SSSR count). The van der Waals surface area contributed by atoms with Gasteiger partial charge in [-0.1, -0.05) is 24.9 Å². The van der Waals surface area contributed by atoms with Crippen LogP contribution in [-0.2, 0) is 29.7 Å². The molecule has 2 atom stereocenters. The minimum atomic E-state index is -3.19. The topological polar surface area (TPSA) is 72.2 Å². The zero-order valence-electron chi connectivity index (χ0n) is 11.8. The quantitative estimate of drug-likeness (QED) is 0.912. The van der Waals surface area contributed by atoms with Crippen molar-refractivity contribution in [2.75, 3.05) is 5.75 Å². The van der Waals surface area contributed by atoms with Crippen molar-refractivity contribution in [1.82, 2.24) is 9.78 Å². The van der Waals surface area contributed by atoms with E-state index in [0.717, 1.165) is 12.1 Å². The van der Waals surface area contributed by atoms with Crippen LogP contribution in [0.15, 0.2) is 0 Å². The van der Waals surface area contributed by atoms with Gasteiger partial charge in [0.2, 0.25) is 0 Å². The third-order valence-corrected chi connectivity index (χ3v) is 6.73. The molecule has 1 aromatic rings. The van der Waals surface area contributed by atoms with Crippen molar-refractivity contribution in [3.8, 4) is 0 Å². The zero-order valence-corrected chi connectivity index (χ0v) is 13.4. The first kappa shape index (κ1) is 15.8. The predicted octanol–water partition coefficient (Wildman–Crippen LogP) is 1.51. The number of hydrogen-bond acceptors (Lipinski definition) is 4. The second kappa shape index (κ2) is 6.03. The number of aromatic nitrogens is 2. The number of aliphatic hydroxyl groups is 1. The third kappa shape index (κ3) is 3.02. The highest BCUT2D eigenvalue weighted by Crippen LogP contribution is 2.27. The molecule has 1 saturated heterocycles. The number of aliphatic hydroxyl groups excluding tert-OH is 1. The summed E-state index contributed by atoms with van der Waals surface area (Å²) in [7, 11) is -1.42. The average molecular weight is 321 g/mol. The third-order valence-electron chi connectivity index (χ3n) is 3.96. The molecule has 114 valence electrons. The fourth-order valence-electron chi connectivity index (χ4n) is 2.78. The molecule has 0 spiro atoms. The molecule has 1 aromatic heterocycles. The molecule has 0 saturated carbocycles. The van der Waals surface area contributed by atoms with Crippen molar-refractivity contribution < 1.29 is 13.5 Å². The Morgan fingerprint density at radius 2 is 2.20 bits per heavy atom. The number of rotatable bonds is 4. The highest BCUT2D eigenvalue weighted by atomic mass is 35.5. The van der Waals surface area contributed by atoms with Gasteiger partial charge in [-0.2, -0.15) is 5.10 Å². The molecule has 0 radical (unpaired) electrons. The van der Waals surface area contributed by atoms with Gasteiger partial charge in [0.25, 0.3) is 0 Å². The first-order valence-corrected chi connectivity index (χ1v) is 9.06. The Labute approximate surface area is 124 Å². The van der Waals surface area contributed by atoms with Crippen LogP contribution < -0.4 is 0 Å². The van der Waals surface area contributed by atoms with E-state index in [1.54, 1.807) is 11.7 Å². The maximum absolute atomic E-state index is 12.0. The molecule has 0 amide bonds. The number of aryl methyl sites for hydroxylation is 2. The summed E-state index contributed by atoms with van der Waals surface area (Å²) in [6.07, 6.45) is 2.09. The predicted molar refractivity (Wildman–Crippen MR) is 78.7 cm³/mol. The van der Waals surface area contributed by atoms with Crippen molar-refractivity contribution in [2.24, 2.45) is 7.05 Å². The highest BCUT2D eigenvalue weighted by Gasteiger charge is 2.35. The summed E-state index contributed by atoms with van der Waals surface area (Å²) < 4.78 is 25.7. The molecule has 0 bridgehead atoms. The minimum absolute atomic E-state index is 0.175. The van der Waals surface area contributed by atoms with Crippen molar-refractivity contribution in [2.45, 2.75) is 50.4 Å². The molecule has 1 N–H and O–H groups in total.